The van der Waals surface area contributed by atoms with Gasteiger partial charge in [0.2, 0.25) is 0 Å². The normalized spacial score (nSPS) is 13.5. The minimum absolute atomic E-state index is 0.204. The second-order valence-corrected chi connectivity index (χ2v) is 7.77. The van der Waals surface area contributed by atoms with Crippen LogP contribution in [0.15, 0.2) is 71.7 Å². The number of rotatable bonds is 4. The average molecular weight is 543 g/mol. The highest BCUT2D eigenvalue weighted by Gasteiger charge is 2.40. The number of alkyl halides is 12. The smallest absolute Gasteiger partial charge is 0.280 e. The zero-order chi connectivity index (χ0) is 27.8. The van der Waals surface area contributed by atoms with Crippen LogP contribution in [0.5, 0.6) is 0 Å². The van der Waals surface area contributed by atoms with Gasteiger partial charge in [-0.2, -0.15) is 52.7 Å². The van der Waals surface area contributed by atoms with Crippen LogP contribution in [0, 0.1) is 0 Å². The molecule has 0 N–H and O–H groups in total. The van der Waals surface area contributed by atoms with E-state index in [4.69, 9.17) is 0 Å². The predicted molar refractivity (Wildman–Crippen MR) is 109 cm³/mol. The molecule has 0 radical (unpaired) electrons. The standard InChI is InChI=1S/C24H13F12N/c25-21(26,27)16-6-14(7-17(10-16)22(28,29)30)20(37-12-13-4-2-1-3-5-13)15-8-18(23(31,32)33)11-19(9-15)24(34,35)36/h1-12,20H. The van der Waals surface area contributed by atoms with Crippen molar-refractivity contribution < 1.29 is 52.7 Å². The van der Waals surface area contributed by atoms with Gasteiger partial charge in [-0.25, -0.2) is 0 Å². The van der Waals surface area contributed by atoms with Gasteiger partial charge >= 0.3 is 24.7 Å². The Morgan fingerprint density at radius 3 is 1.11 bits per heavy atom. The molecule has 0 atom stereocenters. The average Bonchev–Trinajstić information content (AvgIpc) is 2.77. The number of aliphatic imine (C=N–C) groups is 1. The molecule has 0 heterocycles. The first-order chi connectivity index (χ1) is 16.9. The summed E-state index contributed by atoms with van der Waals surface area (Å²) in [7, 11) is 0. The Labute approximate surface area is 201 Å². The van der Waals surface area contributed by atoms with Gasteiger partial charge in [0, 0.05) is 6.21 Å². The summed E-state index contributed by atoms with van der Waals surface area (Å²) in [6.07, 6.45) is -20.3. The summed E-state index contributed by atoms with van der Waals surface area (Å²) in [5.41, 5.74) is -8.82. The number of benzene rings is 3. The quantitative estimate of drug-likeness (QED) is 0.230. The molecule has 0 saturated heterocycles. The van der Waals surface area contributed by atoms with Crippen molar-refractivity contribution >= 4 is 6.21 Å². The maximum atomic E-state index is 13.4. The molecule has 0 aliphatic heterocycles. The highest BCUT2D eigenvalue weighted by molar-refractivity contribution is 5.79. The van der Waals surface area contributed by atoms with Crippen LogP contribution in [0.25, 0.3) is 0 Å². The Kier molecular flexibility index (Phi) is 7.39. The summed E-state index contributed by atoms with van der Waals surface area (Å²) in [5.74, 6) is 0. The Balaban J connectivity index is 2.35. The second kappa shape index (κ2) is 9.75. The van der Waals surface area contributed by atoms with E-state index in [0.29, 0.717) is 0 Å². The van der Waals surface area contributed by atoms with Gasteiger partial charge < -0.3 is 0 Å². The third-order valence-corrected chi connectivity index (χ3v) is 5.02. The van der Waals surface area contributed by atoms with Gasteiger partial charge in [0.1, 0.15) is 0 Å². The molecule has 0 fully saturated rings. The van der Waals surface area contributed by atoms with Crippen LogP contribution >= 0.6 is 0 Å². The molecule has 0 unspecified atom stereocenters. The number of hydrogen-bond acceptors (Lipinski definition) is 1. The molecule has 0 saturated carbocycles. The van der Waals surface area contributed by atoms with Crippen LogP contribution in [-0.2, 0) is 24.7 Å². The van der Waals surface area contributed by atoms with Crippen LogP contribution in [0.2, 0.25) is 0 Å². The van der Waals surface area contributed by atoms with Crippen molar-refractivity contribution in [1.29, 1.82) is 0 Å². The van der Waals surface area contributed by atoms with Crippen LogP contribution in [0.3, 0.4) is 0 Å². The number of halogens is 12. The van der Waals surface area contributed by atoms with E-state index in [1.807, 2.05) is 0 Å². The van der Waals surface area contributed by atoms with Crippen molar-refractivity contribution in [2.45, 2.75) is 30.7 Å². The Morgan fingerprint density at radius 2 is 0.811 bits per heavy atom. The van der Waals surface area contributed by atoms with Crippen LogP contribution in [0.4, 0.5) is 52.7 Å². The maximum Gasteiger partial charge on any atom is 0.416 e. The molecule has 198 valence electrons. The number of hydrogen-bond donors (Lipinski definition) is 0. The van der Waals surface area contributed by atoms with Gasteiger partial charge in [0.05, 0.1) is 28.3 Å². The lowest BCUT2D eigenvalue weighted by atomic mass is 9.92. The molecule has 0 aromatic heterocycles. The van der Waals surface area contributed by atoms with E-state index in [9.17, 15) is 52.7 Å². The highest BCUT2D eigenvalue weighted by Crippen LogP contribution is 2.42. The van der Waals surface area contributed by atoms with E-state index >= 15 is 0 Å². The minimum Gasteiger partial charge on any atom is -0.280 e. The maximum absolute atomic E-state index is 13.4. The van der Waals surface area contributed by atoms with E-state index in [-0.39, 0.29) is 42.0 Å². The molecule has 0 amide bonds. The molecular formula is C24H13F12N. The first kappa shape index (κ1) is 28.1. The van der Waals surface area contributed by atoms with E-state index in [1.54, 1.807) is 6.07 Å². The molecule has 0 spiro atoms. The fourth-order valence-electron chi connectivity index (χ4n) is 3.34. The molecule has 3 aromatic rings. The highest BCUT2D eigenvalue weighted by atomic mass is 19.4. The summed E-state index contributed by atoms with van der Waals surface area (Å²) < 4.78 is 161. The van der Waals surface area contributed by atoms with Crippen LogP contribution in [-0.4, -0.2) is 6.21 Å². The Hall–Kier alpha value is -3.51. The largest absolute Gasteiger partial charge is 0.416 e. The van der Waals surface area contributed by atoms with Gasteiger partial charge in [-0.15, -0.1) is 0 Å². The monoisotopic (exact) mass is 543 g/mol. The van der Waals surface area contributed by atoms with E-state index in [0.717, 1.165) is 6.21 Å². The summed E-state index contributed by atoms with van der Waals surface area (Å²) in [6.45, 7) is 0. The molecule has 1 nitrogen and oxygen atoms in total. The lowest BCUT2D eigenvalue weighted by Gasteiger charge is -2.21. The fourth-order valence-corrected chi connectivity index (χ4v) is 3.34. The lowest BCUT2D eigenvalue weighted by Crippen LogP contribution is -2.15. The topological polar surface area (TPSA) is 12.4 Å². The first-order valence-electron chi connectivity index (χ1n) is 10.0. The SMILES string of the molecule is FC(F)(F)c1cc(C(N=Cc2ccccc2)c2cc(C(F)(F)F)cc(C(F)(F)F)c2)cc(C(F)(F)F)c1. The van der Waals surface area contributed by atoms with Crippen LogP contribution in [0.1, 0.15) is 45.0 Å². The van der Waals surface area contributed by atoms with Crippen molar-refractivity contribution in [3.63, 3.8) is 0 Å². The third kappa shape index (κ3) is 7.04. The van der Waals surface area contributed by atoms with Crippen molar-refractivity contribution in [2.75, 3.05) is 0 Å². The lowest BCUT2D eigenvalue weighted by molar-refractivity contribution is -0.144. The van der Waals surface area contributed by atoms with Crippen molar-refractivity contribution in [3.8, 4) is 0 Å². The first-order valence-corrected chi connectivity index (χ1v) is 10.0. The second-order valence-electron chi connectivity index (χ2n) is 7.77. The molecule has 3 aromatic carbocycles. The zero-order valence-corrected chi connectivity index (χ0v) is 18.0. The Morgan fingerprint density at radius 1 is 0.486 bits per heavy atom. The fraction of sp³-hybridized carbons (Fsp3) is 0.208. The zero-order valence-electron chi connectivity index (χ0n) is 18.0. The van der Waals surface area contributed by atoms with E-state index < -0.39 is 64.1 Å². The third-order valence-electron chi connectivity index (χ3n) is 5.02. The summed E-state index contributed by atoms with van der Waals surface area (Å²) >= 11 is 0. The summed E-state index contributed by atoms with van der Waals surface area (Å²) in [6, 6.07) is 5.62. The van der Waals surface area contributed by atoms with Gasteiger partial charge in [0.25, 0.3) is 0 Å². The van der Waals surface area contributed by atoms with E-state index in [2.05, 4.69) is 4.99 Å². The molecule has 13 heteroatoms. The van der Waals surface area contributed by atoms with E-state index in [1.165, 1.54) is 24.3 Å². The molecule has 0 aliphatic rings. The Bertz CT molecular complexity index is 1130. The number of nitrogens with zero attached hydrogens (tertiary/aromatic N) is 1. The van der Waals surface area contributed by atoms with Gasteiger partial charge in [-0.05, 0) is 53.1 Å². The summed E-state index contributed by atoms with van der Waals surface area (Å²) in [4.78, 5) is 3.83. The van der Waals surface area contributed by atoms with Gasteiger partial charge in [0.15, 0.2) is 0 Å². The predicted octanol–water partition coefficient (Wildman–Crippen LogP) is 8.97. The minimum atomic E-state index is -5.31. The van der Waals surface area contributed by atoms with Crippen molar-refractivity contribution in [2.24, 2.45) is 4.99 Å². The molecule has 3 rings (SSSR count). The van der Waals surface area contributed by atoms with Gasteiger partial charge in [-0.3, -0.25) is 4.99 Å². The van der Waals surface area contributed by atoms with Crippen LogP contribution < -0.4 is 0 Å². The molecule has 0 aliphatic carbocycles. The summed E-state index contributed by atoms with van der Waals surface area (Å²) in [5, 5.41) is 0. The molecule has 0 bridgehead atoms. The van der Waals surface area contributed by atoms with Crippen molar-refractivity contribution in [1.82, 2.24) is 0 Å². The van der Waals surface area contributed by atoms with Crippen molar-refractivity contribution in [3.05, 3.63) is 106 Å². The van der Waals surface area contributed by atoms with Gasteiger partial charge in [-0.1, -0.05) is 30.3 Å². The molecule has 37 heavy (non-hydrogen) atoms. The molecular weight excluding hydrogens is 530 g/mol.